The van der Waals surface area contributed by atoms with E-state index in [0.29, 0.717) is 10.6 Å². The Hall–Kier alpha value is -1.35. The molecule has 1 fully saturated rings. The molecule has 1 saturated carbocycles. The maximum Gasteiger partial charge on any atom is 0.180 e. The van der Waals surface area contributed by atoms with Gasteiger partial charge in [-0.2, -0.15) is 0 Å². The Morgan fingerprint density at radius 2 is 2.11 bits per heavy atom. The van der Waals surface area contributed by atoms with Crippen molar-refractivity contribution in [2.45, 2.75) is 31.0 Å². The first-order valence-electron chi connectivity index (χ1n) is 5.82. The van der Waals surface area contributed by atoms with Gasteiger partial charge in [-0.25, -0.2) is 4.39 Å². The van der Waals surface area contributed by atoms with Crippen molar-refractivity contribution in [3.05, 3.63) is 47.7 Å². The molecule has 0 heterocycles. The van der Waals surface area contributed by atoms with Crippen molar-refractivity contribution in [2.75, 3.05) is 0 Å². The Morgan fingerprint density at radius 3 is 2.78 bits per heavy atom. The Kier molecular flexibility index (Phi) is 4.02. The Balaban J connectivity index is 2.29. The van der Waals surface area contributed by atoms with Crippen LogP contribution in [0.25, 0.3) is 0 Å². The average molecular weight is 269 g/mol. The van der Waals surface area contributed by atoms with E-state index in [4.69, 9.17) is 16.3 Å². The number of hydrogen-bond donors (Lipinski definition) is 0. The van der Waals surface area contributed by atoms with Crippen LogP contribution in [0.4, 0.5) is 4.39 Å². The zero-order valence-electron chi connectivity index (χ0n) is 9.81. The molecule has 3 atom stereocenters. The van der Waals surface area contributed by atoms with Crippen LogP contribution in [0.3, 0.4) is 0 Å². The Bertz CT molecular complexity index is 461. The fraction of sp³-hybridized carbons (Fsp3) is 0.357. The normalized spacial score (nSPS) is 27.9. The van der Waals surface area contributed by atoms with Crippen LogP contribution in [-0.2, 0) is 9.53 Å². The van der Waals surface area contributed by atoms with E-state index in [1.54, 1.807) is 24.3 Å². The van der Waals surface area contributed by atoms with Gasteiger partial charge in [0.15, 0.2) is 11.9 Å². The fourth-order valence-corrected chi connectivity index (χ4v) is 2.59. The van der Waals surface area contributed by atoms with Crippen LogP contribution in [0.1, 0.15) is 24.3 Å². The molecule has 0 radical (unpaired) electrons. The van der Waals surface area contributed by atoms with Crippen molar-refractivity contribution in [3.8, 4) is 0 Å². The lowest BCUT2D eigenvalue weighted by molar-refractivity contribution is -0.133. The number of Topliss-reactive ketones (excluding diaryl/α,β-unsaturated/α-hetero) is 1. The molecule has 1 aromatic carbocycles. The van der Waals surface area contributed by atoms with Gasteiger partial charge in [-0.05, 0) is 18.1 Å². The largest absolute Gasteiger partial charge is 0.491 e. The van der Waals surface area contributed by atoms with Gasteiger partial charge in [-0.15, -0.1) is 0 Å². The van der Waals surface area contributed by atoms with E-state index in [1.165, 1.54) is 6.26 Å². The average Bonchev–Trinajstić information content (AvgIpc) is 2.34. The lowest BCUT2D eigenvalue weighted by Gasteiger charge is -2.30. The van der Waals surface area contributed by atoms with Gasteiger partial charge in [0.25, 0.3) is 0 Å². The Labute approximate surface area is 110 Å². The second-order valence-corrected chi connectivity index (χ2v) is 4.74. The third-order valence-corrected chi connectivity index (χ3v) is 3.51. The molecule has 18 heavy (non-hydrogen) atoms. The molecule has 0 amide bonds. The topological polar surface area (TPSA) is 26.3 Å². The summed E-state index contributed by atoms with van der Waals surface area (Å²) in [4.78, 5) is 12.2. The number of ketones is 1. The van der Waals surface area contributed by atoms with Crippen LogP contribution >= 0.6 is 11.6 Å². The van der Waals surface area contributed by atoms with Crippen LogP contribution < -0.4 is 0 Å². The second-order valence-electron chi connectivity index (χ2n) is 4.34. The second kappa shape index (κ2) is 5.53. The SMILES string of the molecule is C=CO[C@H]1C[C@@H](F)CC(c2ccccc2Cl)C1=O. The van der Waals surface area contributed by atoms with E-state index in [2.05, 4.69) is 6.58 Å². The van der Waals surface area contributed by atoms with Crippen molar-refractivity contribution in [1.82, 2.24) is 0 Å². The third-order valence-electron chi connectivity index (χ3n) is 3.16. The highest BCUT2D eigenvalue weighted by molar-refractivity contribution is 6.31. The van der Waals surface area contributed by atoms with Crippen molar-refractivity contribution < 1.29 is 13.9 Å². The van der Waals surface area contributed by atoms with Crippen molar-refractivity contribution >= 4 is 17.4 Å². The zero-order valence-corrected chi connectivity index (χ0v) is 10.6. The summed E-state index contributed by atoms with van der Waals surface area (Å²) in [5, 5.41) is 0.488. The molecule has 1 aliphatic carbocycles. The van der Waals surface area contributed by atoms with Gasteiger partial charge in [0.1, 0.15) is 6.17 Å². The summed E-state index contributed by atoms with van der Waals surface area (Å²) in [7, 11) is 0. The van der Waals surface area contributed by atoms with Crippen LogP contribution in [0, 0.1) is 0 Å². The summed E-state index contributed by atoms with van der Waals surface area (Å²) >= 11 is 6.06. The van der Waals surface area contributed by atoms with E-state index in [9.17, 15) is 9.18 Å². The van der Waals surface area contributed by atoms with E-state index >= 15 is 0 Å². The van der Waals surface area contributed by atoms with Gasteiger partial charge in [-0.3, -0.25) is 4.79 Å². The number of alkyl halides is 1. The molecule has 2 rings (SSSR count). The molecule has 0 aliphatic heterocycles. The molecule has 0 bridgehead atoms. The molecule has 1 unspecified atom stereocenters. The maximum atomic E-state index is 13.7. The summed E-state index contributed by atoms with van der Waals surface area (Å²) in [6.07, 6.45) is -0.378. The van der Waals surface area contributed by atoms with Crippen LogP contribution in [-0.4, -0.2) is 18.1 Å². The predicted octanol–water partition coefficient (Wildman–Crippen LogP) is 3.65. The standard InChI is InChI=1S/C14H14ClFO2/c1-2-18-13-8-9(16)7-11(14(13)17)10-5-3-4-6-12(10)15/h2-6,9,11,13H,1,7-8H2/t9-,11?,13-/m0/s1. The number of benzene rings is 1. The highest BCUT2D eigenvalue weighted by Crippen LogP contribution is 2.36. The van der Waals surface area contributed by atoms with Crippen LogP contribution in [0.5, 0.6) is 0 Å². The predicted molar refractivity (Wildman–Crippen MR) is 68.4 cm³/mol. The van der Waals surface area contributed by atoms with Gasteiger partial charge in [0.05, 0.1) is 12.2 Å². The van der Waals surface area contributed by atoms with E-state index in [-0.39, 0.29) is 18.6 Å². The van der Waals surface area contributed by atoms with Crippen molar-refractivity contribution in [2.24, 2.45) is 0 Å². The summed E-state index contributed by atoms with van der Waals surface area (Å²) in [5.41, 5.74) is 0.671. The summed E-state index contributed by atoms with van der Waals surface area (Å²) < 4.78 is 18.8. The molecule has 0 N–H and O–H groups in total. The van der Waals surface area contributed by atoms with E-state index < -0.39 is 18.2 Å². The first-order chi connectivity index (χ1) is 8.63. The zero-order chi connectivity index (χ0) is 13.1. The molecule has 96 valence electrons. The molecule has 1 aliphatic rings. The molecule has 2 nitrogen and oxygen atoms in total. The minimum Gasteiger partial charge on any atom is -0.491 e. The monoisotopic (exact) mass is 268 g/mol. The number of halogens is 2. The fourth-order valence-electron chi connectivity index (χ4n) is 2.32. The van der Waals surface area contributed by atoms with Gasteiger partial charge in [0, 0.05) is 11.4 Å². The summed E-state index contributed by atoms with van der Waals surface area (Å²) in [6, 6.07) is 7.03. The minimum absolute atomic E-state index is 0.0891. The van der Waals surface area contributed by atoms with Gasteiger partial charge >= 0.3 is 0 Å². The number of carbonyl (C=O) groups excluding carboxylic acids is 1. The number of ether oxygens (including phenoxy) is 1. The lowest BCUT2D eigenvalue weighted by atomic mass is 9.80. The van der Waals surface area contributed by atoms with Crippen molar-refractivity contribution in [3.63, 3.8) is 0 Å². The van der Waals surface area contributed by atoms with Gasteiger partial charge in [0.2, 0.25) is 0 Å². The smallest absolute Gasteiger partial charge is 0.180 e. The number of rotatable bonds is 3. The minimum atomic E-state index is -1.06. The molecular formula is C14H14ClFO2. The van der Waals surface area contributed by atoms with Gasteiger partial charge < -0.3 is 4.74 Å². The molecule has 0 spiro atoms. The van der Waals surface area contributed by atoms with Crippen molar-refractivity contribution in [1.29, 1.82) is 0 Å². The third kappa shape index (κ3) is 2.56. The summed E-state index contributed by atoms with van der Waals surface area (Å²) in [5.74, 6) is -0.663. The molecule has 4 heteroatoms. The maximum absolute atomic E-state index is 13.7. The van der Waals surface area contributed by atoms with Crippen LogP contribution in [0.2, 0.25) is 5.02 Å². The van der Waals surface area contributed by atoms with Gasteiger partial charge in [-0.1, -0.05) is 36.4 Å². The lowest BCUT2D eigenvalue weighted by Crippen LogP contribution is -2.37. The molecule has 1 aromatic rings. The quantitative estimate of drug-likeness (QED) is 0.782. The molecule has 0 aromatic heterocycles. The first kappa shape index (κ1) is 13.1. The number of carbonyl (C=O) groups is 1. The van der Waals surface area contributed by atoms with E-state index in [1.807, 2.05) is 0 Å². The molecular weight excluding hydrogens is 255 g/mol. The highest BCUT2D eigenvalue weighted by atomic mass is 35.5. The summed E-state index contributed by atoms with van der Waals surface area (Å²) in [6.45, 7) is 3.41. The first-order valence-corrected chi connectivity index (χ1v) is 6.20. The highest BCUT2D eigenvalue weighted by Gasteiger charge is 2.38. The van der Waals surface area contributed by atoms with E-state index in [0.717, 1.165) is 0 Å². The molecule has 0 saturated heterocycles. The van der Waals surface area contributed by atoms with Crippen LogP contribution in [0.15, 0.2) is 37.1 Å². The number of hydrogen-bond acceptors (Lipinski definition) is 2. The Morgan fingerprint density at radius 1 is 1.39 bits per heavy atom.